The van der Waals surface area contributed by atoms with Gasteiger partial charge in [-0.15, -0.1) is 22.9 Å². The summed E-state index contributed by atoms with van der Waals surface area (Å²) in [4.78, 5) is 7.73. The first-order valence-corrected chi connectivity index (χ1v) is 6.37. The molecular formula is C12H9ClN2S. The van der Waals surface area contributed by atoms with Gasteiger partial charge in [0.15, 0.2) is 0 Å². The van der Waals surface area contributed by atoms with Gasteiger partial charge in [0, 0.05) is 28.0 Å². The predicted molar refractivity (Wildman–Crippen MR) is 69.0 cm³/mol. The van der Waals surface area contributed by atoms with Gasteiger partial charge in [-0.25, -0.2) is 4.98 Å². The molecule has 1 N–H and O–H groups in total. The molecule has 16 heavy (non-hydrogen) atoms. The molecule has 2 aromatic heterocycles. The van der Waals surface area contributed by atoms with Gasteiger partial charge >= 0.3 is 0 Å². The largest absolute Gasteiger partial charge is 0.360 e. The van der Waals surface area contributed by atoms with Gasteiger partial charge < -0.3 is 4.98 Å². The maximum absolute atomic E-state index is 5.76. The summed E-state index contributed by atoms with van der Waals surface area (Å²) in [6.07, 6.45) is 2.00. The molecule has 3 rings (SSSR count). The molecule has 0 spiro atoms. The Morgan fingerprint density at radius 3 is 3.00 bits per heavy atom. The van der Waals surface area contributed by atoms with Crippen LogP contribution in [0.25, 0.3) is 22.2 Å². The average Bonchev–Trinajstić information content (AvgIpc) is 2.94. The van der Waals surface area contributed by atoms with E-state index in [9.17, 15) is 0 Å². The van der Waals surface area contributed by atoms with Gasteiger partial charge in [-0.2, -0.15) is 0 Å². The molecule has 0 aliphatic carbocycles. The van der Waals surface area contributed by atoms with Crippen LogP contribution in [0.5, 0.6) is 0 Å². The van der Waals surface area contributed by atoms with Crippen LogP contribution in [0.2, 0.25) is 0 Å². The molecule has 0 fully saturated rings. The fraction of sp³-hybridized carbons (Fsp3) is 0.0833. The van der Waals surface area contributed by atoms with Gasteiger partial charge in [0.05, 0.1) is 11.6 Å². The predicted octanol–water partition coefficient (Wildman–Crippen LogP) is 4.03. The first kappa shape index (κ1) is 9.87. The lowest BCUT2D eigenvalue weighted by molar-refractivity contribution is 1.26. The average molecular weight is 249 g/mol. The molecule has 0 amide bonds. The standard InChI is InChI=1S/C12H9ClN2S/c13-5-12-15-11(7-16-12)9-6-14-10-4-2-1-3-8(9)10/h1-4,6-7,14H,5H2. The zero-order chi connectivity index (χ0) is 11.0. The lowest BCUT2D eigenvalue weighted by atomic mass is 10.1. The highest BCUT2D eigenvalue weighted by Crippen LogP contribution is 2.29. The molecule has 2 nitrogen and oxygen atoms in total. The van der Waals surface area contributed by atoms with Crippen LogP contribution in [0.15, 0.2) is 35.8 Å². The van der Waals surface area contributed by atoms with Gasteiger partial charge in [0.25, 0.3) is 0 Å². The molecular weight excluding hydrogens is 240 g/mol. The lowest BCUT2D eigenvalue weighted by Gasteiger charge is -1.93. The summed E-state index contributed by atoms with van der Waals surface area (Å²) in [6, 6.07) is 8.22. The number of nitrogens with zero attached hydrogens (tertiary/aromatic N) is 1. The Labute approximate surface area is 102 Å². The number of rotatable bonds is 2. The molecule has 0 radical (unpaired) electrons. The van der Waals surface area contributed by atoms with Gasteiger partial charge in [-0.05, 0) is 6.07 Å². The number of fused-ring (bicyclic) bond motifs is 1. The topological polar surface area (TPSA) is 28.7 Å². The number of hydrogen-bond donors (Lipinski definition) is 1. The highest BCUT2D eigenvalue weighted by Gasteiger charge is 2.08. The van der Waals surface area contributed by atoms with Crippen molar-refractivity contribution in [3.05, 3.63) is 40.8 Å². The van der Waals surface area contributed by atoms with Crippen LogP contribution >= 0.6 is 22.9 Å². The molecule has 2 heterocycles. The van der Waals surface area contributed by atoms with Crippen molar-refractivity contribution in [2.24, 2.45) is 0 Å². The number of alkyl halides is 1. The molecule has 0 saturated carbocycles. The zero-order valence-corrected chi connectivity index (χ0v) is 9.98. The van der Waals surface area contributed by atoms with Crippen molar-refractivity contribution in [3.63, 3.8) is 0 Å². The van der Waals surface area contributed by atoms with Crippen LogP contribution in [0, 0.1) is 0 Å². The summed E-state index contributed by atoms with van der Waals surface area (Å²) in [5, 5.41) is 4.21. The van der Waals surface area contributed by atoms with E-state index in [2.05, 4.69) is 22.1 Å². The Kier molecular flexibility index (Phi) is 2.42. The van der Waals surface area contributed by atoms with Gasteiger partial charge in [0.2, 0.25) is 0 Å². The maximum Gasteiger partial charge on any atom is 0.108 e. The minimum atomic E-state index is 0.479. The van der Waals surface area contributed by atoms with Crippen molar-refractivity contribution >= 4 is 33.8 Å². The van der Waals surface area contributed by atoms with E-state index in [1.807, 2.05) is 23.7 Å². The number of H-pyrrole nitrogens is 1. The summed E-state index contributed by atoms with van der Waals surface area (Å²) in [7, 11) is 0. The minimum Gasteiger partial charge on any atom is -0.360 e. The summed E-state index contributed by atoms with van der Waals surface area (Å²) in [5.74, 6) is 0.479. The minimum absolute atomic E-state index is 0.479. The zero-order valence-electron chi connectivity index (χ0n) is 8.40. The van der Waals surface area contributed by atoms with Gasteiger partial charge in [-0.3, -0.25) is 0 Å². The van der Waals surface area contributed by atoms with Gasteiger partial charge in [0.1, 0.15) is 5.01 Å². The Morgan fingerprint density at radius 2 is 2.19 bits per heavy atom. The van der Waals surface area contributed by atoms with Crippen molar-refractivity contribution in [3.8, 4) is 11.3 Å². The van der Waals surface area contributed by atoms with E-state index in [0.717, 1.165) is 21.8 Å². The van der Waals surface area contributed by atoms with Crippen molar-refractivity contribution in [2.45, 2.75) is 5.88 Å². The summed E-state index contributed by atoms with van der Waals surface area (Å²) >= 11 is 7.36. The maximum atomic E-state index is 5.76. The number of hydrogen-bond acceptors (Lipinski definition) is 2. The van der Waals surface area contributed by atoms with E-state index in [4.69, 9.17) is 11.6 Å². The normalized spacial score (nSPS) is 11.1. The van der Waals surface area contributed by atoms with Crippen molar-refractivity contribution in [1.29, 1.82) is 0 Å². The SMILES string of the molecule is ClCc1nc(-c2c[nH]c3ccccc23)cs1. The number of nitrogens with one attached hydrogen (secondary N) is 1. The molecule has 0 atom stereocenters. The second-order valence-electron chi connectivity index (χ2n) is 3.51. The Bertz CT molecular complexity index is 627. The first-order chi connectivity index (χ1) is 7.88. The highest BCUT2D eigenvalue weighted by atomic mass is 35.5. The molecule has 0 saturated heterocycles. The Morgan fingerprint density at radius 1 is 1.31 bits per heavy atom. The Balaban J connectivity index is 2.18. The van der Waals surface area contributed by atoms with Crippen molar-refractivity contribution in [1.82, 2.24) is 9.97 Å². The van der Waals surface area contributed by atoms with Crippen molar-refractivity contribution < 1.29 is 0 Å². The summed E-state index contributed by atoms with van der Waals surface area (Å²) in [6.45, 7) is 0. The Hall–Kier alpha value is -1.32. The molecule has 80 valence electrons. The van der Waals surface area contributed by atoms with Crippen LogP contribution < -0.4 is 0 Å². The third-order valence-corrected chi connectivity index (χ3v) is 3.79. The second-order valence-corrected chi connectivity index (χ2v) is 4.72. The number of halogens is 1. The smallest absolute Gasteiger partial charge is 0.108 e. The van der Waals surface area contributed by atoms with Crippen LogP contribution in [-0.2, 0) is 5.88 Å². The lowest BCUT2D eigenvalue weighted by Crippen LogP contribution is -1.77. The fourth-order valence-electron chi connectivity index (χ4n) is 1.78. The second kappa shape index (κ2) is 3.92. The van der Waals surface area contributed by atoms with Crippen LogP contribution in [0.1, 0.15) is 5.01 Å². The highest BCUT2D eigenvalue weighted by molar-refractivity contribution is 7.10. The number of aromatic nitrogens is 2. The van der Waals surface area contributed by atoms with Crippen LogP contribution in [-0.4, -0.2) is 9.97 Å². The van der Waals surface area contributed by atoms with E-state index >= 15 is 0 Å². The number of aromatic amines is 1. The van der Waals surface area contributed by atoms with E-state index in [0.29, 0.717) is 5.88 Å². The molecule has 0 aliphatic heterocycles. The third kappa shape index (κ3) is 1.52. The number of para-hydroxylation sites is 1. The molecule has 3 aromatic rings. The molecule has 0 bridgehead atoms. The first-order valence-electron chi connectivity index (χ1n) is 4.95. The van der Waals surface area contributed by atoms with E-state index in [1.165, 1.54) is 5.39 Å². The third-order valence-electron chi connectivity index (χ3n) is 2.53. The van der Waals surface area contributed by atoms with Crippen LogP contribution in [0.4, 0.5) is 0 Å². The van der Waals surface area contributed by atoms with Crippen molar-refractivity contribution in [2.75, 3.05) is 0 Å². The van der Waals surface area contributed by atoms with Gasteiger partial charge in [-0.1, -0.05) is 18.2 Å². The van der Waals surface area contributed by atoms with E-state index < -0.39 is 0 Å². The number of thiazole rings is 1. The number of benzene rings is 1. The van der Waals surface area contributed by atoms with E-state index in [1.54, 1.807) is 11.3 Å². The summed E-state index contributed by atoms with van der Waals surface area (Å²) in [5.41, 5.74) is 3.28. The fourth-order valence-corrected chi connectivity index (χ4v) is 2.67. The molecule has 4 heteroatoms. The monoisotopic (exact) mass is 248 g/mol. The quantitative estimate of drug-likeness (QED) is 0.682. The van der Waals surface area contributed by atoms with E-state index in [-0.39, 0.29) is 0 Å². The molecule has 0 aliphatic rings. The van der Waals surface area contributed by atoms with Crippen LogP contribution in [0.3, 0.4) is 0 Å². The molecule has 0 unspecified atom stereocenters. The summed E-state index contributed by atoms with van der Waals surface area (Å²) < 4.78 is 0. The molecule has 1 aromatic carbocycles.